The highest BCUT2D eigenvalue weighted by Crippen LogP contribution is 2.47. The molecule has 1 aliphatic carbocycles. The third kappa shape index (κ3) is 2.81. The van der Waals surface area contributed by atoms with Gasteiger partial charge in [0.25, 0.3) is 0 Å². The molecule has 0 amide bonds. The highest BCUT2D eigenvalue weighted by molar-refractivity contribution is 6.24. The second-order valence-electron chi connectivity index (χ2n) is 5.62. The Bertz CT molecular complexity index is 407. The van der Waals surface area contributed by atoms with Crippen LogP contribution in [0.3, 0.4) is 0 Å². The second-order valence-corrected chi connectivity index (χ2v) is 6.29. The fourth-order valence-electron chi connectivity index (χ4n) is 3.03. The molecular formula is C15H22ClNO. The predicted octanol–water partition coefficient (Wildman–Crippen LogP) is 3.58. The summed E-state index contributed by atoms with van der Waals surface area (Å²) in [5.74, 6) is 0.756. The van der Waals surface area contributed by atoms with Crippen LogP contribution in [0.5, 0.6) is 5.75 Å². The van der Waals surface area contributed by atoms with E-state index in [1.807, 2.05) is 18.2 Å². The molecule has 2 nitrogen and oxygen atoms in total. The van der Waals surface area contributed by atoms with Crippen molar-refractivity contribution in [2.45, 2.75) is 30.6 Å². The first-order chi connectivity index (χ1) is 8.52. The van der Waals surface area contributed by atoms with Crippen molar-refractivity contribution in [3.63, 3.8) is 0 Å². The summed E-state index contributed by atoms with van der Waals surface area (Å²) in [7, 11) is 4.18. The molecule has 0 saturated heterocycles. The summed E-state index contributed by atoms with van der Waals surface area (Å²) >= 11 is 6.94. The van der Waals surface area contributed by atoms with Gasteiger partial charge in [0.1, 0.15) is 5.75 Å². The largest absolute Gasteiger partial charge is 0.508 e. The van der Waals surface area contributed by atoms with Gasteiger partial charge in [-0.2, -0.15) is 0 Å². The third-order valence-electron chi connectivity index (χ3n) is 3.90. The van der Waals surface area contributed by atoms with E-state index in [-0.39, 0.29) is 4.87 Å². The fraction of sp³-hybridized carbons (Fsp3) is 0.600. The quantitative estimate of drug-likeness (QED) is 0.847. The Morgan fingerprint density at radius 1 is 1.39 bits per heavy atom. The molecule has 100 valence electrons. The zero-order chi connectivity index (χ0) is 13.2. The highest BCUT2D eigenvalue weighted by atomic mass is 35.5. The first-order valence-corrected chi connectivity index (χ1v) is 7.03. The van der Waals surface area contributed by atoms with Gasteiger partial charge in [0.05, 0.1) is 4.87 Å². The first-order valence-electron chi connectivity index (χ1n) is 6.65. The number of phenolic OH excluding ortho intramolecular Hbond substituents is 1. The molecule has 18 heavy (non-hydrogen) atoms. The molecule has 0 heterocycles. The van der Waals surface area contributed by atoms with Gasteiger partial charge in [0.15, 0.2) is 0 Å². The Balaban J connectivity index is 2.29. The van der Waals surface area contributed by atoms with Gasteiger partial charge >= 0.3 is 0 Å². The first kappa shape index (κ1) is 13.7. The van der Waals surface area contributed by atoms with E-state index in [4.69, 9.17) is 11.6 Å². The lowest BCUT2D eigenvalue weighted by molar-refractivity contribution is 0.207. The van der Waals surface area contributed by atoms with Gasteiger partial charge in [-0.25, -0.2) is 0 Å². The number of nitrogens with zero attached hydrogens (tertiary/aromatic N) is 1. The van der Waals surface area contributed by atoms with Crippen LogP contribution >= 0.6 is 11.6 Å². The highest BCUT2D eigenvalue weighted by Gasteiger charge is 2.40. The monoisotopic (exact) mass is 267 g/mol. The van der Waals surface area contributed by atoms with Gasteiger partial charge in [-0.05, 0) is 50.6 Å². The van der Waals surface area contributed by atoms with Crippen LogP contribution < -0.4 is 0 Å². The summed E-state index contributed by atoms with van der Waals surface area (Å²) in [6.07, 6.45) is 4.59. The number of benzene rings is 1. The van der Waals surface area contributed by atoms with Gasteiger partial charge in [-0.1, -0.05) is 25.0 Å². The van der Waals surface area contributed by atoms with Gasteiger partial charge in [0, 0.05) is 6.54 Å². The number of alkyl halides is 1. The standard InChI is InChI=1S/C15H22ClNO/c1-17(2)11-13-6-3-4-9-15(13,16)12-7-5-8-14(18)10-12/h5,7-8,10,13,18H,3-4,6,9,11H2,1-2H3/t13-,15+/m1/s1. The summed E-state index contributed by atoms with van der Waals surface area (Å²) in [4.78, 5) is 1.89. The average Bonchev–Trinajstić information content (AvgIpc) is 2.32. The van der Waals surface area contributed by atoms with E-state index < -0.39 is 0 Å². The van der Waals surface area contributed by atoms with Crippen molar-refractivity contribution in [1.82, 2.24) is 4.90 Å². The Labute approximate surface area is 115 Å². The SMILES string of the molecule is CN(C)C[C@H]1CCCC[C@]1(Cl)c1cccc(O)c1. The van der Waals surface area contributed by atoms with Gasteiger partial charge in [0.2, 0.25) is 0 Å². The lowest BCUT2D eigenvalue weighted by Crippen LogP contribution is -2.39. The molecule has 1 aliphatic rings. The van der Waals surface area contributed by atoms with Gasteiger partial charge in [-0.15, -0.1) is 11.6 Å². The molecule has 1 fully saturated rings. The molecule has 0 radical (unpaired) electrons. The molecule has 0 spiro atoms. The molecule has 2 atom stereocenters. The number of rotatable bonds is 3. The summed E-state index contributed by atoms with van der Waals surface area (Å²) in [5, 5.41) is 9.66. The summed E-state index contributed by atoms with van der Waals surface area (Å²) in [6.45, 7) is 0.999. The van der Waals surface area contributed by atoms with Crippen molar-refractivity contribution in [2.75, 3.05) is 20.6 Å². The maximum absolute atomic E-state index is 9.66. The molecule has 0 unspecified atom stereocenters. The van der Waals surface area contributed by atoms with E-state index in [0.29, 0.717) is 11.7 Å². The van der Waals surface area contributed by atoms with Crippen molar-refractivity contribution in [3.05, 3.63) is 29.8 Å². The Hall–Kier alpha value is -0.730. The Morgan fingerprint density at radius 2 is 2.17 bits per heavy atom. The molecule has 1 saturated carbocycles. The number of phenols is 1. The van der Waals surface area contributed by atoms with Crippen LogP contribution in [0.4, 0.5) is 0 Å². The van der Waals surface area contributed by atoms with E-state index in [2.05, 4.69) is 19.0 Å². The van der Waals surface area contributed by atoms with Crippen molar-refractivity contribution in [2.24, 2.45) is 5.92 Å². The van der Waals surface area contributed by atoms with Crippen LogP contribution in [0.2, 0.25) is 0 Å². The molecule has 0 bridgehead atoms. The van der Waals surface area contributed by atoms with Crippen LogP contribution in [0, 0.1) is 5.92 Å². The molecule has 1 aromatic rings. The van der Waals surface area contributed by atoms with Crippen molar-refractivity contribution >= 4 is 11.6 Å². The second kappa shape index (κ2) is 5.50. The number of hydrogen-bond donors (Lipinski definition) is 1. The molecule has 3 heteroatoms. The lowest BCUT2D eigenvalue weighted by Gasteiger charge is -2.41. The van der Waals surface area contributed by atoms with Crippen LogP contribution in [-0.2, 0) is 4.87 Å². The van der Waals surface area contributed by atoms with Gasteiger partial charge in [-0.3, -0.25) is 0 Å². The van der Waals surface area contributed by atoms with Crippen molar-refractivity contribution < 1.29 is 5.11 Å². The van der Waals surface area contributed by atoms with Gasteiger partial charge < -0.3 is 10.0 Å². The number of hydrogen-bond acceptors (Lipinski definition) is 2. The minimum atomic E-state index is -0.318. The minimum Gasteiger partial charge on any atom is -0.508 e. The summed E-state index contributed by atoms with van der Waals surface area (Å²) in [5.41, 5.74) is 1.07. The van der Waals surface area contributed by atoms with Crippen LogP contribution in [0.1, 0.15) is 31.2 Å². The molecule has 0 aromatic heterocycles. The molecule has 0 aliphatic heterocycles. The number of halogens is 1. The topological polar surface area (TPSA) is 23.5 Å². The van der Waals surface area contributed by atoms with E-state index in [9.17, 15) is 5.11 Å². The van der Waals surface area contributed by atoms with Crippen LogP contribution in [-0.4, -0.2) is 30.6 Å². The summed E-state index contributed by atoms with van der Waals surface area (Å²) in [6, 6.07) is 7.45. The third-order valence-corrected chi connectivity index (χ3v) is 4.62. The fourth-order valence-corrected chi connectivity index (χ4v) is 3.46. The molecule has 1 N–H and O–H groups in total. The molecule has 1 aromatic carbocycles. The van der Waals surface area contributed by atoms with Crippen LogP contribution in [0.15, 0.2) is 24.3 Å². The van der Waals surface area contributed by atoms with E-state index in [0.717, 1.165) is 24.9 Å². The van der Waals surface area contributed by atoms with Crippen molar-refractivity contribution in [3.8, 4) is 5.75 Å². The normalized spacial score (nSPS) is 28.6. The van der Waals surface area contributed by atoms with Crippen molar-refractivity contribution in [1.29, 1.82) is 0 Å². The summed E-state index contributed by atoms with van der Waals surface area (Å²) < 4.78 is 0. The van der Waals surface area contributed by atoms with E-state index >= 15 is 0 Å². The Morgan fingerprint density at radius 3 is 2.83 bits per heavy atom. The maximum Gasteiger partial charge on any atom is 0.115 e. The number of aromatic hydroxyl groups is 1. The van der Waals surface area contributed by atoms with E-state index in [1.165, 1.54) is 12.8 Å². The average molecular weight is 268 g/mol. The molecular weight excluding hydrogens is 246 g/mol. The lowest BCUT2D eigenvalue weighted by atomic mass is 9.74. The minimum absolute atomic E-state index is 0.307. The van der Waals surface area contributed by atoms with Crippen LogP contribution in [0.25, 0.3) is 0 Å². The smallest absolute Gasteiger partial charge is 0.115 e. The zero-order valence-electron chi connectivity index (χ0n) is 11.2. The van der Waals surface area contributed by atoms with E-state index in [1.54, 1.807) is 6.07 Å². The zero-order valence-corrected chi connectivity index (χ0v) is 12.0. The predicted molar refractivity (Wildman–Crippen MR) is 76.1 cm³/mol. The Kier molecular flexibility index (Phi) is 4.18. The maximum atomic E-state index is 9.66. The molecule has 2 rings (SSSR count).